The van der Waals surface area contributed by atoms with Crippen LogP contribution in [0, 0.1) is 6.92 Å². The predicted octanol–water partition coefficient (Wildman–Crippen LogP) is 2.88. The van der Waals surface area contributed by atoms with E-state index in [2.05, 4.69) is 75.2 Å². The second-order valence-corrected chi connectivity index (χ2v) is 6.23. The van der Waals surface area contributed by atoms with Crippen LogP contribution in [0.4, 0.5) is 5.69 Å². The molecule has 114 valence electrons. The first kappa shape index (κ1) is 17.0. The Hall–Kier alpha value is -1.06. The van der Waals surface area contributed by atoms with Crippen molar-refractivity contribution in [3.05, 3.63) is 29.3 Å². The maximum Gasteiger partial charge on any atom is 0.0393 e. The number of rotatable bonds is 8. The Bertz CT molecular complexity index is 399. The Labute approximate surface area is 125 Å². The molecule has 0 aliphatic heterocycles. The summed E-state index contributed by atoms with van der Waals surface area (Å²) in [7, 11) is 6.44. The number of anilines is 1. The van der Waals surface area contributed by atoms with Crippen molar-refractivity contribution >= 4 is 5.69 Å². The molecule has 0 heterocycles. The van der Waals surface area contributed by atoms with Crippen LogP contribution in [0.25, 0.3) is 0 Å². The van der Waals surface area contributed by atoms with Crippen molar-refractivity contribution in [3.63, 3.8) is 0 Å². The molecule has 0 spiro atoms. The Morgan fingerprint density at radius 1 is 1.10 bits per heavy atom. The molecule has 20 heavy (non-hydrogen) atoms. The maximum absolute atomic E-state index is 3.47. The van der Waals surface area contributed by atoms with Crippen LogP contribution in [-0.2, 0) is 6.54 Å². The largest absolute Gasteiger partial charge is 0.374 e. The summed E-state index contributed by atoms with van der Waals surface area (Å²) in [5.74, 6) is 0. The highest BCUT2D eigenvalue weighted by atomic mass is 15.1. The summed E-state index contributed by atoms with van der Waals surface area (Å²) < 4.78 is 0. The highest BCUT2D eigenvalue weighted by Gasteiger charge is 2.06. The molecule has 1 rings (SSSR count). The lowest BCUT2D eigenvalue weighted by atomic mass is 10.1. The van der Waals surface area contributed by atoms with Gasteiger partial charge in [0.2, 0.25) is 0 Å². The minimum Gasteiger partial charge on any atom is -0.374 e. The smallest absolute Gasteiger partial charge is 0.0393 e. The first-order chi connectivity index (χ1) is 9.40. The molecule has 0 aromatic heterocycles. The summed E-state index contributed by atoms with van der Waals surface area (Å²) >= 11 is 0. The van der Waals surface area contributed by atoms with E-state index >= 15 is 0 Å². The van der Waals surface area contributed by atoms with Crippen LogP contribution in [0.1, 0.15) is 31.4 Å². The first-order valence-electron chi connectivity index (χ1n) is 7.59. The Morgan fingerprint density at radius 2 is 1.80 bits per heavy atom. The van der Waals surface area contributed by atoms with Crippen molar-refractivity contribution in [2.75, 3.05) is 39.1 Å². The third-order valence-electron chi connectivity index (χ3n) is 3.49. The van der Waals surface area contributed by atoms with E-state index in [1.807, 2.05) is 0 Å². The van der Waals surface area contributed by atoms with Gasteiger partial charge in [-0.25, -0.2) is 0 Å². The van der Waals surface area contributed by atoms with Crippen molar-refractivity contribution in [1.82, 2.24) is 10.2 Å². The van der Waals surface area contributed by atoms with Crippen LogP contribution in [0.2, 0.25) is 0 Å². The molecule has 0 aliphatic carbocycles. The highest BCUT2D eigenvalue weighted by Crippen LogP contribution is 2.20. The van der Waals surface area contributed by atoms with Gasteiger partial charge in [0, 0.05) is 31.9 Å². The zero-order chi connectivity index (χ0) is 15.1. The average Bonchev–Trinajstić information content (AvgIpc) is 2.35. The molecule has 1 aromatic rings. The van der Waals surface area contributed by atoms with Crippen LogP contribution >= 0.6 is 0 Å². The summed E-state index contributed by atoms with van der Waals surface area (Å²) in [5, 5.41) is 3.47. The first-order valence-corrected chi connectivity index (χ1v) is 7.59. The molecular formula is C17H31N3. The van der Waals surface area contributed by atoms with Crippen molar-refractivity contribution in [2.45, 2.75) is 39.8 Å². The third kappa shape index (κ3) is 5.93. The van der Waals surface area contributed by atoms with E-state index in [1.165, 1.54) is 23.2 Å². The number of hydrogen-bond acceptors (Lipinski definition) is 3. The molecule has 0 amide bonds. The molecule has 0 atom stereocenters. The monoisotopic (exact) mass is 277 g/mol. The number of benzene rings is 1. The van der Waals surface area contributed by atoms with Gasteiger partial charge in [0.05, 0.1) is 0 Å². The SMILES string of the molecule is Cc1cc(CNC(C)C)ccc1N(C)CCCN(C)C. The fraction of sp³-hybridized carbons (Fsp3) is 0.647. The quantitative estimate of drug-likeness (QED) is 0.788. The number of hydrogen-bond donors (Lipinski definition) is 1. The third-order valence-corrected chi connectivity index (χ3v) is 3.49. The topological polar surface area (TPSA) is 18.5 Å². The summed E-state index contributed by atoms with van der Waals surface area (Å²) in [6.45, 7) is 9.75. The van der Waals surface area contributed by atoms with Crippen LogP contribution < -0.4 is 10.2 Å². The predicted molar refractivity (Wildman–Crippen MR) is 89.6 cm³/mol. The van der Waals surface area contributed by atoms with Crippen LogP contribution in [0.3, 0.4) is 0 Å². The average molecular weight is 277 g/mol. The molecule has 3 nitrogen and oxygen atoms in total. The fourth-order valence-electron chi connectivity index (χ4n) is 2.32. The molecule has 0 saturated carbocycles. The summed E-state index contributed by atoms with van der Waals surface area (Å²) in [4.78, 5) is 4.60. The second-order valence-electron chi connectivity index (χ2n) is 6.23. The lowest BCUT2D eigenvalue weighted by Crippen LogP contribution is -2.24. The maximum atomic E-state index is 3.47. The van der Waals surface area contributed by atoms with Gasteiger partial charge in [0.1, 0.15) is 0 Å². The molecule has 1 N–H and O–H groups in total. The van der Waals surface area contributed by atoms with E-state index in [-0.39, 0.29) is 0 Å². The van der Waals surface area contributed by atoms with E-state index in [1.54, 1.807) is 0 Å². The molecule has 0 fully saturated rings. The molecular weight excluding hydrogens is 246 g/mol. The fourth-order valence-corrected chi connectivity index (χ4v) is 2.32. The lowest BCUT2D eigenvalue weighted by Gasteiger charge is -2.23. The molecule has 1 aromatic carbocycles. The van der Waals surface area contributed by atoms with Gasteiger partial charge in [0.15, 0.2) is 0 Å². The van der Waals surface area contributed by atoms with Gasteiger partial charge in [-0.1, -0.05) is 26.0 Å². The van der Waals surface area contributed by atoms with E-state index in [0.29, 0.717) is 6.04 Å². The number of nitrogens with zero attached hydrogens (tertiary/aromatic N) is 2. The summed E-state index contributed by atoms with van der Waals surface area (Å²) in [6.07, 6.45) is 1.19. The number of aryl methyl sites for hydroxylation is 1. The van der Waals surface area contributed by atoms with E-state index in [4.69, 9.17) is 0 Å². The van der Waals surface area contributed by atoms with Crippen molar-refractivity contribution in [1.29, 1.82) is 0 Å². The number of nitrogens with one attached hydrogen (secondary N) is 1. The molecule has 3 heteroatoms. The van der Waals surface area contributed by atoms with Crippen molar-refractivity contribution in [2.24, 2.45) is 0 Å². The normalized spacial score (nSPS) is 11.4. The Morgan fingerprint density at radius 3 is 2.35 bits per heavy atom. The molecule has 0 bridgehead atoms. The van der Waals surface area contributed by atoms with E-state index < -0.39 is 0 Å². The molecule has 0 radical (unpaired) electrons. The van der Waals surface area contributed by atoms with Crippen LogP contribution in [-0.4, -0.2) is 45.2 Å². The molecule has 0 aliphatic rings. The standard InChI is InChI=1S/C17H31N3/c1-14(2)18-13-16-8-9-17(15(3)12-16)20(6)11-7-10-19(4)5/h8-9,12,14,18H,7,10-11,13H2,1-6H3. The van der Waals surface area contributed by atoms with Gasteiger partial charge in [-0.3, -0.25) is 0 Å². The minimum absolute atomic E-state index is 0.531. The van der Waals surface area contributed by atoms with Crippen molar-refractivity contribution in [3.8, 4) is 0 Å². The van der Waals surface area contributed by atoms with Crippen LogP contribution in [0.5, 0.6) is 0 Å². The zero-order valence-electron chi connectivity index (χ0n) is 14.0. The zero-order valence-corrected chi connectivity index (χ0v) is 14.0. The van der Waals surface area contributed by atoms with Gasteiger partial charge in [-0.05, 0) is 51.2 Å². The van der Waals surface area contributed by atoms with E-state index in [0.717, 1.165) is 19.6 Å². The van der Waals surface area contributed by atoms with Gasteiger partial charge in [-0.2, -0.15) is 0 Å². The molecule has 0 saturated heterocycles. The highest BCUT2D eigenvalue weighted by molar-refractivity contribution is 5.53. The van der Waals surface area contributed by atoms with Gasteiger partial charge < -0.3 is 15.1 Å². The van der Waals surface area contributed by atoms with Crippen LogP contribution in [0.15, 0.2) is 18.2 Å². The van der Waals surface area contributed by atoms with Crippen molar-refractivity contribution < 1.29 is 0 Å². The Balaban J connectivity index is 2.58. The van der Waals surface area contributed by atoms with Gasteiger partial charge in [0.25, 0.3) is 0 Å². The Kier molecular flexibility index (Phi) is 7.03. The molecule has 0 unspecified atom stereocenters. The minimum atomic E-state index is 0.531. The van der Waals surface area contributed by atoms with E-state index in [9.17, 15) is 0 Å². The van der Waals surface area contributed by atoms with Gasteiger partial charge >= 0.3 is 0 Å². The summed E-state index contributed by atoms with van der Waals surface area (Å²) in [5.41, 5.74) is 4.07. The second kappa shape index (κ2) is 8.28. The van der Waals surface area contributed by atoms with Gasteiger partial charge in [-0.15, -0.1) is 0 Å². The lowest BCUT2D eigenvalue weighted by molar-refractivity contribution is 0.401. The summed E-state index contributed by atoms with van der Waals surface area (Å²) in [6, 6.07) is 7.32.